The van der Waals surface area contributed by atoms with Crippen molar-refractivity contribution in [1.82, 2.24) is 0 Å². The summed E-state index contributed by atoms with van der Waals surface area (Å²) in [6.07, 6.45) is -0.0504. The minimum atomic E-state index is -0.591. The molecule has 1 aromatic carbocycles. The van der Waals surface area contributed by atoms with E-state index in [-0.39, 0.29) is 0 Å². The molecule has 0 bridgehead atoms. The van der Waals surface area contributed by atoms with Gasteiger partial charge in [0.05, 0.1) is 3.79 Å². The molecule has 3 rings (SSSR count). The summed E-state index contributed by atoms with van der Waals surface area (Å²) in [7, 11) is 0. The Hall–Kier alpha value is -1.18. The quantitative estimate of drug-likeness (QED) is 0.735. The summed E-state index contributed by atoms with van der Waals surface area (Å²) in [6.45, 7) is 0. The molecule has 2 aromatic rings. The summed E-state index contributed by atoms with van der Waals surface area (Å²) >= 11 is 7.96. The van der Waals surface area contributed by atoms with Crippen LogP contribution in [-0.4, -0.2) is 18.0 Å². The molecule has 1 heterocycles. The number of carbonyl (C=O) groups excluding carboxylic acids is 2. The summed E-state index contributed by atoms with van der Waals surface area (Å²) in [5, 5.41) is 0. The van der Waals surface area contributed by atoms with Gasteiger partial charge < -0.3 is 10.5 Å². The molecule has 0 radical (unpaired) electrons. The van der Waals surface area contributed by atoms with Gasteiger partial charge >= 0.3 is 5.97 Å². The number of hydrogen-bond donors (Lipinski definition) is 1. The monoisotopic (exact) mass is 443 g/mol. The lowest BCUT2D eigenvalue weighted by molar-refractivity contribution is -0.121. The predicted molar refractivity (Wildman–Crippen MR) is 91.0 cm³/mol. The van der Waals surface area contributed by atoms with Crippen molar-refractivity contribution < 1.29 is 14.3 Å². The van der Waals surface area contributed by atoms with Gasteiger partial charge in [-0.3, -0.25) is 4.79 Å². The third-order valence-corrected chi connectivity index (χ3v) is 6.83. The Morgan fingerprint density at radius 3 is 2.64 bits per heavy atom. The Kier molecular flexibility index (Phi) is 4.38. The average Bonchev–Trinajstić information content (AvgIpc) is 2.99. The summed E-state index contributed by atoms with van der Waals surface area (Å²) in [5.41, 5.74) is 7.35. The molecule has 1 amide bonds. The first-order valence-corrected chi connectivity index (χ1v) is 8.90. The van der Waals surface area contributed by atoms with E-state index in [0.29, 0.717) is 11.3 Å². The molecule has 0 saturated heterocycles. The Balaban J connectivity index is 1.83. The lowest BCUT2D eigenvalue weighted by Gasteiger charge is -2.17. The minimum Gasteiger partial charge on any atom is -0.457 e. The number of benzene rings is 1. The largest absolute Gasteiger partial charge is 0.457 e. The molecule has 4 nitrogen and oxygen atoms in total. The SMILES string of the molecule is NC(=O)C1c2ccccc2CC1OC(=O)c1cc(Br)c(Br)s1. The molecule has 1 aliphatic carbocycles. The van der Waals surface area contributed by atoms with Crippen molar-refractivity contribution in [2.45, 2.75) is 18.4 Å². The number of nitrogens with two attached hydrogens (primary N) is 1. The Morgan fingerprint density at radius 2 is 2.00 bits per heavy atom. The van der Waals surface area contributed by atoms with Crippen molar-refractivity contribution in [3.63, 3.8) is 0 Å². The molecule has 7 heteroatoms. The van der Waals surface area contributed by atoms with E-state index >= 15 is 0 Å². The highest BCUT2D eigenvalue weighted by atomic mass is 79.9. The zero-order valence-corrected chi connectivity index (χ0v) is 15.2. The van der Waals surface area contributed by atoms with Crippen molar-refractivity contribution >= 4 is 55.1 Å². The van der Waals surface area contributed by atoms with E-state index < -0.39 is 23.9 Å². The second-order valence-corrected chi connectivity index (χ2v) is 8.18. The summed E-state index contributed by atoms with van der Waals surface area (Å²) in [6, 6.07) is 9.23. The summed E-state index contributed by atoms with van der Waals surface area (Å²) in [5.74, 6) is -1.51. The third kappa shape index (κ3) is 2.85. The van der Waals surface area contributed by atoms with E-state index in [0.717, 1.165) is 19.4 Å². The van der Waals surface area contributed by atoms with E-state index in [1.54, 1.807) is 6.07 Å². The molecule has 1 aromatic heterocycles. The summed E-state index contributed by atoms with van der Waals surface area (Å²) < 4.78 is 7.17. The lowest BCUT2D eigenvalue weighted by atomic mass is 9.99. The van der Waals surface area contributed by atoms with E-state index in [1.807, 2.05) is 24.3 Å². The highest BCUT2D eigenvalue weighted by molar-refractivity contribution is 9.13. The number of amides is 1. The van der Waals surface area contributed by atoms with Gasteiger partial charge in [0.25, 0.3) is 0 Å². The van der Waals surface area contributed by atoms with Crippen LogP contribution in [0.15, 0.2) is 38.6 Å². The van der Waals surface area contributed by atoms with Gasteiger partial charge in [-0.1, -0.05) is 24.3 Å². The van der Waals surface area contributed by atoms with Gasteiger partial charge in [-0.15, -0.1) is 11.3 Å². The molecular formula is C15H11Br2NO3S. The number of primary amides is 1. The number of rotatable bonds is 3. The van der Waals surface area contributed by atoms with Gasteiger partial charge in [0, 0.05) is 10.9 Å². The van der Waals surface area contributed by atoms with Crippen LogP contribution < -0.4 is 5.73 Å². The lowest BCUT2D eigenvalue weighted by Crippen LogP contribution is -2.32. The van der Waals surface area contributed by atoms with Crippen LogP contribution in [-0.2, 0) is 16.0 Å². The number of fused-ring (bicyclic) bond motifs is 1. The zero-order chi connectivity index (χ0) is 15.9. The molecule has 0 saturated carbocycles. The van der Waals surface area contributed by atoms with Crippen LogP contribution in [0.3, 0.4) is 0 Å². The maximum atomic E-state index is 12.3. The van der Waals surface area contributed by atoms with E-state index in [2.05, 4.69) is 31.9 Å². The summed E-state index contributed by atoms with van der Waals surface area (Å²) in [4.78, 5) is 24.5. The Labute approximate surface area is 147 Å². The second kappa shape index (κ2) is 6.14. The van der Waals surface area contributed by atoms with E-state index in [4.69, 9.17) is 10.5 Å². The maximum absolute atomic E-state index is 12.3. The van der Waals surface area contributed by atoms with Crippen LogP contribution in [0.2, 0.25) is 0 Å². The van der Waals surface area contributed by atoms with Gasteiger partial charge in [0.15, 0.2) is 0 Å². The van der Waals surface area contributed by atoms with Gasteiger partial charge in [-0.2, -0.15) is 0 Å². The van der Waals surface area contributed by atoms with Crippen LogP contribution in [0.25, 0.3) is 0 Å². The van der Waals surface area contributed by atoms with Crippen LogP contribution in [0.5, 0.6) is 0 Å². The highest BCUT2D eigenvalue weighted by Crippen LogP contribution is 2.37. The van der Waals surface area contributed by atoms with Crippen LogP contribution in [0.4, 0.5) is 0 Å². The van der Waals surface area contributed by atoms with Crippen LogP contribution in [0, 0.1) is 0 Å². The van der Waals surface area contributed by atoms with Crippen LogP contribution in [0.1, 0.15) is 26.7 Å². The number of hydrogen-bond acceptors (Lipinski definition) is 4. The predicted octanol–water partition coefficient (Wildman–Crippen LogP) is 3.62. The molecule has 114 valence electrons. The van der Waals surface area contributed by atoms with Gasteiger partial charge in [-0.25, -0.2) is 4.79 Å². The van der Waals surface area contributed by atoms with Crippen molar-refractivity contribution in [3.05, 3.63) is 54.6 Å². The number of thiophene rings is 1. The fraction of sp³-hybridized carbons (Fsp3) is 0.200. The van der Waals surface area contributed by atoms with Gasteiger partial charge in [0.2, 0.25) is 5.91 Å². The van der Waals surface area contributed by atoms with E-state index in [9.17, 15) is 9.59 Å². The van der Waals surface area contributed by atoms with Crippen molar-refractivity contribution in [2.24, 2.45) is 5.73 Å². The topological polar surface area (TPSA) is 69.4 Å². The minimum absolute atomic E-state index is 0.444. The molecule has 1 aliphatic rings. The third-order valence-electron chi connectivity index (χ3n) is 3.59. The fourth-order valence-corrected chi connectivity index (χ4v) is 4.57. The van der Waals surface area contributed by atoms with Gasteiger partial charge in [0.1, 0.15) is 16.9 Å². The number of esters is 1. The normalized spacial score (nSPS) is 19.7. The number of carbonyl (C=O) groups is 2. The number of ether oxygens (including phenoxy) is 1. The average molecular weight is 445 g/mol. The molecule has 2 N–H and O–H groups in total. The van der Waals surface area contributed by atoms with Crippen molar-refractivity contribution in [1.29, 1.82) is 0 Å². The molecule has 0 fully saturated rings. The Bertz CT molecular complexity index is 739. The highest BCUT2D eigenvalue weighted by Gasteiger charge is 2.39. The smallest absolute Gasteiger partial charge is 0.348 e. The van der Waals surface area contributed by atoms with Gasteiger partial charge in [-0.05, 0) is 49.1 Å². The molecular weight excluding hydrogens is 434 g/mol. The molecule has 2 unspecified atom stereocenters. The van der Waals surface area contributed by atoms with Crippen molar-refractivity contribution in [3.8, 4) is 0 Å². The first-order chi connectivity index (χ1) is 10.5. The molecule has 2 atom stereocenters. The van der Waals surface area contributed by atoms with E-state index in [1.165, 1.54) is 11.3 Å². The molecule has 0 spiro atoms. The Morgan fingerprint density at radius 1 is 1.27 bits per heavy atom. The first-order valence-electron chi connectivity index (χ1n) is 6.50. The van der Waals surface area contributed by atoms with Crippen molar-refractivity contribution in [2.75, 3.05) is 0 Å². The second-order valence-electron chi connectivity index (χ2n) is 4.96. The zero-order valence-electron chi connectivity index (χ0n) is 11.2. The number of halogens is 2. The molecule has 0 aliphatic heterocycles. The molecule has 22 heavy (non-hydrogen) atoms. The maximum Gasteiger partial charge on any atom is 0.348 e. The first kappa shape index (κ1) is 15.7. The van der Waals surface area contributed by atoms with Crippen LogP contribution >= 0.6 is 43.2 Å². The standard InChI is InChI=1S/C15H11Br2NO3S/c16-9-6-11(22-13(9)17)15(20)21-10-5-7-3-1-2-4-8(7)12(10)14(18)19/h1-4,6,10,12H,5H2,(H2,18,19). The fourth-order valence-electron chi connectivity index (χ4n) is 2.65.